The molecule has 6 nitrogen and oxygen atoms in total. The van der Waals surface area contributed by atoms with Crippen LogP contribution in [0.15, 0.2) is 12.1 Å². The molecule has 1 N–H and O–H groups in total. The third-order valence-electron chi connectivity index (χ3n) is 3.42. The Labute approximate surface area is 109 Å². The van der Waals surface area contributed by atoms with E-state index >= 15 is 0 Å². The maximum absolute atomic E-state index is 11.8. The van der Waals surface area contributed by atoms with Crippen LogP contribution in [0.4, 0.5) is 0 Å². The molecule has 1 unspecified atom stereocenters. The maximum Gasteiger partial charge on any atom is 0.328 e. The van der Waals surface area contributed by atoms with Crippen LogP contribution in [0.5, 0.6) is 11.5 Å². The molecule has 1 aromatic rings. The van der Waals surface area contributed by atoms with Gasteiger partial charge in [-0.25, -0.2) is 0 Å². The normalized spacial score (nSPS) is 19.9. The molecule has 1 aromatic carbocycles. The Morgan fingerprint density at radius 1 is 1.16 bits per heavy atom. The van der Waals surface area contributed by atoms with Crippen molar-refractivity contribution in [2.45, 2.75) is 11.8 Å². The first kappa shape index (κ1) is 13.2. The van der Waals surface area contributed by atoms with Gasteiger partial charge in [0, 0.05) is 6.42 Å². The Balaban J connectivity index is 2.57. The van der Waals surface area contributed by atoms with Crippen LogP contribution in [0.2, 0.25) is 0 Å². The molecule has 1 atom stereocenters. The van der Waals surface area contributed by atoms with Crippen molar-refractivity contribution < 1.29 is 28.9 Å². The molecule has 2 rings (SSSR count). The van der Waals surface area contributed by atoms with Gasteiger partial charge in [0.05, 0.1) is 21.3 Å². The summed E-state index contributed by atoms with van der Waals surface area (Å²) in [6.07, 6.45) is 0.0880. The van der Waals surface area contributed by atoms with Crippen molar-refractivity contribution in [3.05, 3.63) is 23.3 Å². The molecule has 1 aliphatic carbocycles. The molecule has 0 heterocycles. The first-order valence-corrected chi connectivity index (χ1v) is 5.58. The van der Waals surface area contributed by atoms with Gasteiger partial charge >= 0.3 is 11.9 Å². The Morgan fingerprint density at radius 3 is 2.21 bits per heavy atom. The number of carbonyl (C=O) groups excluding carboxylic acids is 1. The minimum Gasteiger partial charge on any atom is -0.493 e. The smallest absolute Gasteiger partial charge is 0.328 e. The highest BCUT2D eigenvalue weighted by atomic mass is 16.5. The zero-order valence-corrected chi connectivity index (χ0v) is 10.9. The number of hydrogen-bond donors (Lipinski definition) is 1. The number of fused-ring (bicyclic) bond motifs is 1. The van der Waals surface area contributed by atoms with Crippen molar-refractivity contribution in [3.8, 4) is 11.5 Å². The molecule has 1 aliphatic rings. The summed E-state index contributed by atoms with van der Waals surface area (Å²) in [6, 6.07) is 3.20. The zero-order chi connectivity index (χ0) is 14.2. The number of aliphatic carboxylic acids is 1. The van der Waals surface area contributed by atoms with E-state index in [0.717, 1.165) is 5.56 Å². The van der Waals surface area contributed by atoms with Crippen LogP contribution in [0, 0.1) is 0 Å². The van der Waals surface area contributed by atoms with E-state index in [0.29, 0.717) is 17.1 Å². The summed E-state index contributed by atoms with van der Waals surface area (Å²) in [5.41, 5.74) is -0.501. The van der Waals surface area contributed by atoms with Gasteiger partial charge in [-0.15, -0.1) is 0 Å². The molecule has 0 saturated heterocycles. The summed E-state index contributed by atoms with van der Waals surface area (Å²) in [5, 5.41) is 9.35. The first-order valence-electron chi connectivity index (χ1n) is 5.58. The largest absolute Gasteiger partial charge is 0.493 e. The predicted molar refractivity (Wildman–Crippen MR) is 64.6 cm³/mol. The van der Waals surface area contributed by atoms with Crippen molar-refractivity contribution in [2.24, 2.45) is 0 Å². The van der Waals surface area contributed by atoms with Gasteiger partial charge in [0.15, 0.2) is 16.9 Å². The van der Waals surface area contributed by atoms with E-state index in [-0.39, 0.29) is 6.42 Å². The Kier molecular flexibility index (Phi) is 3.09. The number of carboxylic acids is 1. The van der Waals surface area contributed by atoms with Crippen molar-refractivity contribution >= 4 is 11.9 Å². The van der Waals surface area contributed by atoms with Crippen molar-refractivity contribution in [3.63, 3.8) is 0 Å². The zero-order valence-electron chi connectivity index (χ0n) is 10.9. The topological polar surface area (TPSA) is 82.1 Å². The lowest BCUT2D eigenvalue weighted by Crippen LogP contribution is -2.53. The van der Waals surface area contributed by atoms with E-state index in [2.05, 4.69) is 4.74 Å². The average molecular weight is 266 g/mol. The fourth-order valence-corrected chi connectivity index (χ4v) is 2.37. The van der Waals surface area contributed by atoms with E-state index in [1.165, 1.54) is 27.4 Å². The number of esters is 1. The summed E-state index contributed by atoms with van der Waals surface area (Å²) in [4.78, 5) is 23.2. The molecule has 0 aromatic heterocycles. The monoisotopic (exact) mass is 266 g/mol. The molecule has 6 heteroatoms. The van der Waals surface area contributed by atoms with Gasteiger partial charge in [-0.05, 0) is 23.3 Å². The Morgan fingerprint density at radius 2 is 1.74 bits per heavy atom. The van der Waals surface area contributed by atoms with Gasteiger partial charge in [-0.1, -0.05) is 0 Å². The third-order valence-corrected chi connectivity index (χ3v) is 3.42. The molecule has 0 saturated carbocycles. The van der Waals surface area contributed by atoms with E-state index in [4.69, 9.17) is 9.47 Å². The molecule has 19 heavy (non-hydrogen) atoms. The highest BCUT2D eigenvalue weighted by Gasteiger charge is 2.57. The van der Waals surface area contributed by atoms with Gasteiger partial charge < -0.3 is 19.3 Å². The van der Waals surface area contributed by atoms with Crippen molar-refractivity contribution in [2.75, 3.05) is 21.3 Å². The number of benzene rings is 1. The van der Waals surface area contributed by atoms with Crippen LogP contribution in [0.1, 0.15) is 11.1 Å². The number of carboxylic acid groups (broad SMARTS) is 1. The second-order valence-corrected chi connectivity index (χ2v) is 4.24. The molecule has 0 fully saturated rings. The Bertz CT molecular complexity index is 550. The van der Waals surface area contributed by atoms with E-state index in [9.17, 15) is 14.7 Å². The van der Waals surface area contributed by atoms with Gasteiger partial charge in [-0.3, -0.25) is 9.59 Å². The second kappa shape index (κ2) is 4.46. The number of carbonyl (C=O) groups is 2. The van der Waals surface area contributed by atoms with E-state index in [1.807, 2.05) is 0 Å². The van der Waals surface area contributed by atoms with Crippen molar-refractivity contribution in [1.29, 1.82) is 0 Å². The summed E-state index contributed by atoms with van der Waals surface area (Å²) in [7, 11) is 4.11. The van der Waals surface area contributed by atoms with Crippen molar-refractivity contribution in [1.82, 2.24) is 0 Å². The standard InChI is InChI=1S/C13H14O6/c1-17-9-4-7-6-13(11(14)15,12(16)19-3)8(7)5-10(9)18-2/h4-5H,6H2,1-3H3,(H,14,15). The maximum atomic E-state index is 11.8. The van der Waals surface area contributed by atoms with Crippen LogP contribution in [0.3, 0.4) is 0 Å². The lowest BCUT2D eigenvalue weighted by atomic mass is 9.63. The molecule has 0 amide bonds. The molecule has 0 radical (unpaired) electrons. The number of ether oxygens (including phenoxy) is 3. The number of hydrogen-bond acceptors (Lipinski definition) is 5. The Hall–Kier alpha value is -2.24. The van der Waals surface area contributed by atoms with Crippen LogP contribution in [-0.2, 0) is 26.2 Å². The van der Waals surface area contributed by atoms with Crippen LogP contribution in [-0.4, -0.2) is 38.4 Å². The molecule has 0 aliphatic heterocycles. The second-order valence-electron chi connectivity index (χ2n) is 4.24. The minimum absolute atomic E-state index is 0.0880. The van der Waals surface area contributed by atoms with Crippen LogP contribution < -0.4 is 9.47 Å². The molecule has 102 valence electrons. The SMILES string of the molecule is COC(=O)C1(C(=O)O)Cc2cc(OC)c(OC)cc21. The van der Waals surface area contributed by atoms with Gasteiger partial charge in [0.1, 0.15) is 0 Å². The fraction of sp³-hybridized carbons (Fsp3) is 0.385. The molecular weight excluding hydrogens is 252 g/mol. The number of rotatable bonds is 4. The lowest BCUT2D eigenvalue weighted by Gasteiger charge is -2.38. The number of methoxy groups -OCH3 is 3. The van der Waals surface area contributed by atoms with Crippen LogP contribution in [0.25, 0.3) is 0 Å². The lowest BCUT2D eigenvalue weighted by molar-refractivity contribution is -0.161. The molecule has 0 spiro atoms. The van der Waals surface area contributed by atoms with Gasteiger partial charge in [0.2, 0.25) is 0 Å². The highest BCUT2D eigenvalue weighted by Crippen LogP contribution is 2.47. The highest BCUT2D eigenvalue weighted by molar-refractivity contribution is 6.08. The molecular formula is C13H14O6. The summed E-state index contributed by atoms with van der Waals surface area (Å²) in [5.74, 6) is -1.11. The van der Waals surface area contributed by atoms with Crippen LogP contribution >= 0.6 is 0 Å². The summed E-state index contributed by atoms with van der Waals surface area (Å²) >= 11 is 0. The van der Waals surface area contributed by atoms with E-state index < -0.39 is 17.4 Å². The fourth-order valence-electron chi connectivity index (χ4n) is 2.37. The van der Waals surface area contributed by atoms with E-state index in [1.54, 1.807) is 6.07 Å². The quantitative estimate of drug-likeness (QED) is 0.640. The molecule has 0 bridgehead atoms. The summed E-state index contributed by atoms with van der Waals surface area (Å²) in [6.45, 7) is 0. The van der Waals surface area contributed by atoms with Gasteiger partial charge in [0.25, 0.3) is 0 Å². The third kappa shape index (κ3) is 1.63. The average Bonchev–Trinajstić information content (AvgIpc) is 2.39. The summed E-state index contributed by atoms with van der Waals surface area (Å²) < 4.78 is 14.9. The minimum atomic E-state index is -1.64. The predicted octanol–water partition coefficient (Wildman–Crippen LogP) is 0.755. The van der Waals surface area contributed by atoms with Gasteiger partial charge in [-0.2, -0.15) is 0 Å². The first-order chi connectivity index (χ1) is 9.01.